The van der Waals surface area contributed by atoms with Crippen LogP contribution in [0.5, 0.6) is 0 Å². The molecule has 14 heavy (non-hydrogen) atoms. The second-order valence-electron chi connectivity index (χ2n) is 2.33. The Morgan fingerprint density at radius 3 is 2.50 bits per heavy atom. The largest absolute Gasteiger partial charge is 0.461 e. The number of furan rings is 1. The maximum absolute atomic E-state index is 12.2. The predicted octanol–water partition coefficient (Wildman–Crippen LogP) is 2.88. The van der Waals surface area contributed by atoms with E-state index in [1.165, 1.54) is 6.07 Å². The van der Waals surface area contributed by atoms with E-state index < -0.39 is 17.8 Å². The first-order valence-corrected chi connectivity index (χ1v) is 3.43. The third-order valence-electron chi connectivity index (χ3n) is 1.29. The molecule has 0 aliphatic heterocycles. The maximum atomic E-state index is 12.2. The molecule has 0 radical (unpaired) electrons. The molecule has 0 atom stereocenters. The number of carbonyl (C=O) groups is 1. The van der Waals surface area contributed by atoms with Crippen molar-refractivity contribution in [1.82, 2.24) is 0 Å². The summed E-state index contributed by atoms with van der Waals surface area (Å²) in [6.45, 7) is 0. The molecule has 0 amide bonds. The number of halogens is 4. The van der Waals surface area contributed by atoms with Gasteiger partial charge in [-0.3, -0.25) is 4.79 Å². The fourth-order valence-corrected chi connectivity index (χ4v) is 0.687. The first-order chi connectivity index (χ1) is 6.41. The van der Waals surface area contributed by atoms with Gasteiger partial charge in [-0.15, -0.1) is 0 Å². The Morgan fingerprint density at radius 2 is 2.07 bits per heavy atom. The highest BCUT2D eigenvalue weighted by molar-refractivity contribution is 6.02. The van der Waals surface area contributed by atoms with Crippen LogP contribution >= 0.6 is 0 Å². The van der Waals surface area contributed by atoms with E-state index in [1.54, 1.807) is 0 Å². The van der Waals surface area contributed by atoms with E-state index in [2.05, 4.69) is 4.42 Å². The van der Waals surface area contributed by atoms with Crippen molar-refractivity contribution in [3.05, 3.63) is 36.1 Å². The van der Waals surface area contributed by atoms with Gasteiger partial charge in [0.2, 0.25) is 11.6 Å². The smallest absolute Gasteiger partial charge is 0.443 e. The maximum Gasteiger partial charge on any atom is 0.443 e. The standard InChI is InChI=1S/C8H4F4O2/c9-7(8(10,11)12)4-5(13)6-2-1-3-14-6/h1-4H/b7-4-. The summed E-state index contributed by atoms with van der Waals surface area (Å²) in [7, 11) is 0. The Balaban J connectivity index is 2.84. The number of ketones is 1. The fraction of sp³-hybridized carbons (Fsp3) is 0.125. The third kappa shape index (κ3) is 2.45. The molecule has 0 N–H and O–H groups in total. The molecule has 1 aromatic rings. The van der Waals surface area contributed by atoms with Gasteiger partial charge in [0.1, 0.15) is 0 Å². The summed E-state index contributed by atoms with van der Waals surface area (Å²) in [6.07, 6.45) is -4.19. The summed E-state index contributed by atoms with van der Waals surface area (Å²) < 4.78 is 51.6. The van der Waals surface area contributed by atoms with Gasteiger partial charge < -0.3 is 4.42 Å². The number of allylic oxidation sites excluding steroid dienone is 2. The van der Waals surface area contributed by atoms with Gasteiger partial charge in [-0.05, 0) is 12.1 Å². The van der Waals surface area contributed by atoms with Crippen LogP contribution in [0.3, 0.4) is 0 Å². The van der Waals surface area contributed by atoms with Crippen molar-refractivity contribution in [3.63, 3.8) is 0 Å². The first-order valence-electron chi connectivity index (χ1n) is 3.43. The molecule has 2 nitrogen and oxygen atoms in total. The predicted molar refractivity (Wildman–Crippen MR) is 38.3 cm³/mol. The molecule has 6 heteroatoms. The van der Waals surface area contributed by atoms with Gasteiger partial charge in [0.25, 0.3) is 0 Å². The zero-order valence-corrected chi connectivity index (χ0v) is 6.64. The molecule has 0 unspecified atom stereocenters. The molecule has 76 valence electrons. The van der Waals surface area contributed by atoms with Crippen LogP contribution in [0.1, 0.15) is 10.6 Å². The summed E-state index contributed by atoms with van der Waals surface area (Å²) >= 11 is 0. The highest BCUT2D eigenvalue weighted by atomic mass is 19.4. The molecular weight excluding hydrogens is 204 g/mol. The lowest BCUT2D eigenvalue weighted by Crippen LogP contribution is -2.09. The monoisotopic (exact) mass is 208 g/mol. The lowest BCUT2D eigenvalue weighted by atomic mass is 10.2. The van der Waals surface area contributed by atoms with E-state index in [-0.39, 0.29) is 11.8 Å². The number of hydrogen-bond acceptors (Lipinski definition) is 2. The first kappa shape index (κ1) is 10.5. The molecule has 0 fully saturated rings. The molecule has 0 bridgehead atoms. The number of carbonyl (C=O) groups excluding carboxylic acids is 1. The average molecular weight is 208 g/mol. The lowest BCUT2D eigenvalue weighted by molar-refractivity contribution is -0.108. The Bertz CT molecular complexity index is 348. The van der Waals surface area contributed by atoms with Crippen molar-refractivity contribution >= 4 is 5.78 Å². The number of rotatable bonds is 2. The van der Waals surface area contributed by atoms with Crippen LogP contribution in [-0.4, -0.2) is 12.0 Å². The summed E-state index contributed by atoms with van der Waals surface area (Å²) in [5, 5.41) is 0. The average Bonchev–Trinajstić information content (AvgIpc) is 2.53. The fourth-order valence-electron chi connectivity index (χ4n) is 0.687. The topological polar surface area (TPSA) is 30.2 Å². The molecule has 0 spiro atoms. The Labute approximate surface area is 75.8 Å². The molecule has 1 aromatic heterocycles. The van der Waals surface area contributed by atoms with Crippen molar-refractivity contribution in [2.24, 2.45) is 0 Å². The third-order valence-corrected chi connectivity index (χ3v) is 1.29. The van der Waals surface area contributed by atoms with Crippen molar-refractivity contribution in [2.45, 2.75) is 6.18 Å². The molecule has 0 aromatic carbocycles. The van der Waals surface area contributed by atoms with Crippen molar-refractivity contribution in [3.8, 4) is 0 Å². The normalized spacial score (nSPS) is 13.0. The van der Waals surface area contributed by atoms with Gasteiger partial charge in [-0.1, -0.05) is 0 Å². The van der Waals surface area contributed by atoms with Crippen molar-refractivity contribution < 1.29 is 26.8 Å². The van der Waals surface area contributed by atoms with Crippen molar-refractivity contribution in [1.29, 1.82) is 0 Å². The highest BCUT2D eigenvalue weighted by Gasteiger charge is 2.35. The minimum absolute atomic E-state index is 0.154. The summed E-state index contributed by atoms with van der Waals surface area (Å²) in [4.78, 5) is 10.9. The second kappa shape index (κ2) is 3.65. The van der Waals surface area contributed by atoms with Gasteiger partial charge in [0.15, 0.2) is 5.76 Å². The van der Waals surface area contributed by atoms with Crippen LogP contribution in [0.15, 0.2) is 34.7 Å². The van der Waals surface area contributed by atoms with Crippen LogP contribution in [0, 0.1) is 0 Å². The minimum atomic E-state index is -5.14. The van der Waals surface area contributed by atoms with E-state index in [4.69, 9.17) is 0 Å². The zero-order chi connectivity index (χ0) is 10.8. The van der Waals surface area contributed by atoms with E-state index >= 15 is 0 Å². The quantitative estimate of drug-likeness (QED) is 0.425. The molecule has 1 rings (SSSR count). The van der Waals surface area contributed by atoms with Crippen molar-refractivity contribution in [2.75, 3.05) is 0 Å². The van der Waals surface area contributed by atoms with E-state index in [0.717, 1.165) is 12.3 Å². The van der Waals surface area contributed by atoms with Gasteiger partial charge >= 0.3 is 6.18 Å². The van der Waals surface area contributed by atoms with Crippen LogP contribution in [0.4, 0.5) is 17.6 Å². The van der Waals surface area contributed by atoms with Gasteiger partial charge in [-0.2, -0.15) is 13.2 Å². The Morgan fingerprint density at radius 1 is 1.43 bits per heavy atom. The SMILES string of the molecule is O=C(/C=C(\F)C(F)(F)F)c1ccco1. The van der Waals surface area contributed by atoms with Crippen LogP contribution in [-0.2, 0) is 0 Å². The molecule has 1 heterocycles. The second-order valence-corrected chi connectivity index (χ2v) is 2.33. The summed E-state index contributed by atoms with van der Waals surface area (Å²) in [5.74, 6) is -3.95. The van der Waals surface area contributed by atoms with E-state index in [0.29, 0.717) is 0 Å². The minimum Gasteiger partial charge on any atom is -0.461 e. The zero-order valence-electron chi connectivity index (χ0n) is 6.64. The molecular formula is C8H4F4O2. The number of hydrogen-bond donors (Lipinski definition) is 0. The van der Waals surface area contributed by atoms with Gasteiger partial charge in [-0.25, -0.2) is 4.39 Å². The lowest BCUT2D eigenvalue weighted by Gasteiger charge is -2.00. The van der Waals surface area contributed by atoms with Gasteiger partial charge in [0, 0.05) is 6.08 Å². The van der Waals surface area contributed by atoms with E-state index in [9.17, 15) is 22.4 Å². The van der Waals surface area contributed by atoms with Gasteiger partial charge in [0.05, 0.1) is 6.26 Å². The molecule has 0 saturated carbocycles. The van der Waals surface area contributed by atoms with Crippen LogP contribution in [0.25, 0.3) is 0 Å². The Kier molecular flexibility index (Phi) is 2.73. The van der Waals surface area contributed by atoms with Crippen LogP contribution in [0.2, 0.25) is 0 Å². The van der Waals surface area contributed by atoms with E-state index in [1.807, 2.05) is 0 Å². The molecule has 0 aliphatic rings. The highest BCUT2D eigenvalue weighted by Crippen LogP contribution is 2.26. The van der Waals surface area contributed by atoms with Crippen LogP contribution < -0.4 is 0 Å². The molecule has 0 aliphatic carbocycles. The summed E-state index contributed by atoms with van der Waals surface area (Å²) in [5.41, 5.74) is 0. The number of alkyl halides is 3. The molecule has 0 saturated heterocycles. The Hall–Kier alpha value is -1.59. The summed E-state index contributed by atoms with van der Waals surface area (Å²) in [6, 6.07) is 2.45.